The Morgan fingerprint density at radius 2 is 1.88 bits per heavy atom. The van der Waals surface area contributed by atoms with E-state index in [1.807, 2.05) is 67.6 Å². The molecule has 0 atom stereocenters. The summed E-state index contributed by atoms with van der Waals surface area (Å²) in [6.07, 6.45) is 2.44. The molecule has 3 heterocycles. The van der Waals surface area contributed by atoms with E-state index in [0.717, 1.165) is 27.9 Å². The zero-order valence-electron chi connectivity index (χ0n) is 17.3. The summed E-state index contributed by atoms with van der Waals surface area (Å²) in [7, 11) is 0. The number of fused-ring (bicyclic) bond motifs is 2. The van der Waals surface area contributed by atoms with Gasteiger partial charge >= 0.3 is 0 Å². The number of carbonyl (C=O) groups excluding carboxylic acids is 1. The molecule has 2 aromatic carbocycles. The molecule has 0 aliphatic heterocycles. The molecule has 0 saturated carbocycles. The molecule has 1 amide bonds. The second kappa shape index (κ2) is 9.34. The molecule has 3 aromatic heterocycles. The number of hydrogen-bond donors (Lipinski definition) is 1. The van der Waals surface area contributed by atoms with Gasteiger partial charge in [-0.25, -0.2) is 0 Å². The molecule has 5 nitrogen and oxygen atoms in total. The number of benzene rings is 2. The highest BCUT2D eigenvalue weighted by atomic mass is 35.5. The van der Waals surface area contributed by atoms with Crippen molar-refractivity contribution in [2.45, 2.75) is 13.3 Å². The summed E-state index contributed by atoms with van der Waals surface area (Å²) < 4.78 is 2.74. The fraction of sp³-hybridized carbons (Fsp3) is 0.0800. The van der Waals surface area contributed by atoms with Crippen molar-refractivity contribution >= 4 is 49.8 Å². The Bertz CT molecular complexity index is 1480. The molecule has 5 rings (SSSR count). The van der Waals surface area contributed by atoms with Crippen LogP contribution in [0.3, 0.4) is 0 Å². The van der Waals surface area contributed by atoms with Crippen LogP contribution in [0.25, 0.3) is 26.7 Å². The number of aromatic nitrogens is 2. The molecule has 5 aromatic rings. The van der Waals surface area contributed by atoms with Gasteiger partial charge in [-0.2, -0.15) is 0 Å². The number of halogens is 1. The third kappa shape index (κ3) is 4.15. The predicted molar refractivity (Wildman–Crippen MR) is 132 cm³/mol. The van der Waals surface area contributed by atoms with Crippen LogP contribution >= 0.6 is 22.9 Å². The molecular formula is C25H20ClN3O2S. The predicted octanol–water partition coefficient (Wildman–Crippen LogP) is 5.60. The van der Waals surface area contributed by atoms with Crippen molar-refractivity contribution in [3.63, 3.8) is 0 Å². The number of nitrogens with two attached hydrogens (primary N) is 1. The summed E-state index contributed by atoms with van der Waals surface area (Å²) in [5, 5.41) is 3.71. The molecule has 0 saturated heterocycles. The Labute approximate surface area is 193 Å². The van der Waals surface area contributed by atoms with Crippen LogP contribution in [0.5, 0.6) is 0 Å². The summed E-state index contributed by atoms with van der Waals surface area (Å²) in [5.74, 6) is -0.417. The first-order chi connectivity index (χ1) is 15.5. The smallest absolute Gasteiger partial charge is 0.264 e. The van der Waals surface area contributed by atoms with Gasteiger partial charge in [-0.1, -0.05) is 48.9 Å². The molecule has 160 valence electrons. The lowest BCUT2D eigenvalue weighted by atomic mass is 10.1. The fourth-order valence-electron chi connectivity index (χ4n) is 3.53. The highest BCUT2D eigenvalue weighted by Crippen LogP contribution is 2.23. The molecule has 7 heteroatoms. The lowest BCUT2D eigenvalue weighted by Gasteiger charge is -2.14. The first-order valence-corrected chi connectivity index (χ1v) is 11.3. The summed E-state index contributed by atoms with van der Waals surface area (Å²) in [6, 6.07) is 21.0. The normalized spacial score (nSPS) is 10.7. The molecular weight excluding hydrogens is 442 g/mol. The van der Waals surface area contributed by atoms with E-state index >= 15 is 0 Å². The van der Waals surface area contributed by atoms with Crippen LogP contribution in [-0.2, 0) is 6.42 Å². The van der Waals surface area contributed by atoms with Gasteiger partial charge in [0, 0.05) is 23.0 Å². The fourth-order valence-corrected chi connectivity index (χ4v) is 4.70. The zero-order chi connectivity index (χ0) is 22.7. The number of para-hydroxylation sites is 1. The number of amides is 1. The number of primary amides is 1. The van der Waals surface area contributed by atoms with Crippen LogP contribution in [-0.4, -0.2) is 15.5 Å². The largest absolute Gasteiger partial charge is 0.366 e. The number of nitrogens with zero attached hydrogens (tertiary/aromatic N) is 2. The third-order valence-electron chi connectivity index (χ3n) is 5.04. The molecule has 2 N–H and O–H groups in total. The molecule has 0 aliphatic carbocycles. The van der Waals surface area contributed by atoms with Crippen LogP contribution in [0.2, 0.25) is 5.02 Å². The monoisotopic (exact) mass is 461 g/mol. The van der Waals surface area contributed by atoms with Gasteiger partial charge in [0.25, 0.3) is 11.5 Å². The number of aryl methyl sites for hydroxylation is 1. The van der Waals surface area contributed by atoms with Gasteiger partial charge in [-0.05, 0) is 48.2 Å². The average molecular weight is 462 g/mol. The maximum atomic E-state index is 12.8. The standard InChI is InChI=1S/C17H14ClNO.C8H6N2OS/c1-2-13-11-12-7-6-10-15(18)16(12)17(20)19(13)14-8-4-3-5-9-14;9-8(11)5-4-12-6-2-1-3-10-7(5)6/h3-11H,2H2,1H3;1-4H,(H2,9,11). The second-order valence-electron chi connectivity index (χ2n) is 7.03. The Morgan fingerprint density at radius 1 is 1.09 bits per heavy atom. The van der Waals surface area contributed by atoms with E-state index < -0.39 is 5.91 Å². The minimum atomic E-state index is -0.417. The molecule has 0 fully saturated rings. The highest BCUT2D eigenvalue weighted by molar-refractivity contribution is 7.17. The topological polar surface area (TPSA) is 78.0 Å². The minimum Gasteiger partial charge on any atom is -0.366 e. The van der Waals surface area contributed by atoms with Crippen LogP contribution in [0.1, 0.15) is 23.0 Å². The van der Waals surface area contributed by atoms with Gasteiger partial charge in [0.1, 0.15) is 0 Å². The molecule has 0 radical (unpaired) electrons. The molecule has 0 aliphatic rings. The van der Waals surface area contributed by atoms with Gasteiger partial charge in [-0.3, -0.25) is 19.1 Å². The first-order valence-electron chi connectivity index (χ1n) is 10.0. The number of rotatable bonds is 3. The van der Waals surface area contributed by atoms with Crippen LogP contribution < -0.4 is 11.3 Å². The Hall–Kier alpha value is -3.48. The molecule has 0 unspecified atom stereocenters. The number of pyridine rings is 2. The van der Waals surface area contributed by atoms with E-state index in [1.165, 1.54) is 11.3 Å². The zero-order valence-corrected chi connectivity index (χ0v) is 18.9. The van der Waals surface area contributed by atoms with Gasteiger partial charge in [0.05, 0.1) is 26.2 Å². The van der Waals surface area contributed by atoms with Gasteiger partial charge in [0.15, 0.2) is 0 Å². The maximum absolute atomic E-state index is 12.8. The molecule has 32 heavy (non-hydrogen) atoms. The number of thiophene rings is 1. The molecule has 0 bridgehead atoms. The van der Waals surface area contributed by atoms with Crippen molar-refractivity contribution in [1.29, 1.82) is 0 Å². The Kier molecular flexibility index (Phi) is 6.35. The average Bonchev–Trinajstić information content (AvgIpc) is 3.24. The van der Waals surface area contributed by atoms with Crippen molar-refractivity contribution in [3.8, 4) is 5.69 Å². The summed E-state index contributed by atoms with van der Waals surface area (Å²) in [6.45, 7) is 2.05. The van der Waals surface area contributed by atoms with E-state index in [-0.39, 0.29) is 5.56 Å². The van der Waals surface area contributed by atoms with Gasteiger partial charge in [0.2, 0.25) is 0 Å². The van der Waals surface area contributed by atoms with E-state index in [9.17, 15) is 9.59 Å². The Morgan fingerprint density at radius 3 is 2.59 bits per heavy atom. The lowest BCUT2D eigenvalue weighted by molar-refractivity contribution is 0.100. The van der Waals surface area contributed by atoms with Crippen LogP contribution in [0, 0.1) is 0 Å². The van der Waals surface area contributed by atoms with Crippen LogP contribution in [0.15, 0.2) is 83.1 Å². The summed E-state index contributed by atoms with van der Waals surface area (Å²) in [5.41, 5.74) is 8.16. The lowest BCUT2D eigenvalue weighted by Crippen LogP contribution is -2.22. The van der Waals surface area contributed by atoms with E-state index in [2.05, 4.69) is 4.98 Å². The third-order valence-corrected chi connectivity index (χ3v) is 6.30. The van der Waals surface area contributed by atoms with Gasteiger partial charge in [-0.15, -0.1) is 11.3 Å². The van der Waals surface area contributed by atoms with Gasteiger partial charge < -0.3 is 5.73 Å². The van der Waals surface area contributed by atoms with Crippen LogP contribution in [0.4, 0.5) is 0 Å². The molecule has 0 spiro atoms. The van der Waals surface area contributed by atoms with Crippen molar-refractivity contribution in [2.75, 3.05) is 0 Å². The summed E-state index contributed by atoms with van der Waals surface area (Å²) >= 11 is 7.68. The van der Waals surface area contributed by atoms with E-state index in [4.69, 9.17) is 17.3 Å². The highest BCUT2D eigenvalue weighted by Gasteiger charge is 2.12. The van der Waals surface area contributed by atoms with Crippen molar-refractivity contribution in [3.05, 3.63) is 105 Å². The quantitative estimate of drug-likeness (QED) is 0.379. The van der Waals surface area contributed by atoms with Crippen molar-refractivity contribution < 1.29 is 4.79 Å². The second-order valence-corrected chi connectivity index (χ2v) is 8.35. The van der Waals surface area contributed by atoms with Crippen molar-refractivity contribution in [2.24, 2.45) is 5.73 Å². The SMILES string of the molecule is CCc1cc2cccc(Cl)c2c(=O)n1-c1ccccc1.NC(=O)c1csc2cccnc12. The number of carbonyl (C=O) groups is 1. The minimum absolute atomic E-state index is 0.0591. The summed E-state index contributed by atoms with van der Waals surface area (Å²) in [4.78, 5) is 27.7. The first kappa shape index (κ1) is 21.7. The van der Waals surface area contributed by atoms with E-state index in [1.54, 1.807) is 22.2 Å². The maximum Gasteiger partial charge on any atom is 0.264 e. The number of hydrogen-bond acceptors (Lipinski definition) is 4. The Balaban J connectivity index is 0.000000174. The van der Waals surface area contributed by atoms with E-state index in [0.29, 0.717) is 21.5 Å². The van der Waals surface area contributed by atoms with Crippen molar-refractivity contribution in [1.82, 2.24) is 9.55 Å².